The summed E-state index contributed by atoms with van der Waals surface area (Å²) < 4.78 is 42.5. The molecule has 0 rings (SSSR count). The van der Waals surface area contributed by atoms with Gasteiger partial charge in [0.15, 0.2) is 0 Å². The molecule has 0 heterocycles. The Bertz CT molecular complexity index is 399. The van der Waals surface area contributed by atoms with Gasteiger partial charge < -0.3 is 20.1 Å². The normalized spacial score (nSPS) is 14.1. The molecule has 0 fully saturated rings. The van der Waals surface area contributed by atoms with Gasteiger partial charge in [-0.25, -0.2) is 9.59 Å². The monoisotopic (exact) mass is 300 g/mol. The minimum absolute atomic E-state index is 0.0453. The van der Waals surface area contributed by atoms with Crippen molar-refractivity contribution in [1.82, 2.24) is 10.2 Å². The van der Waals surface area contributed by atoms with Crippen molar-refractivity contribution >= 4 is 18.0 Å². The van der Waals surface area contributed by atoms with E-state index in [1.54, 1.807) is 0 Å². The highest BCUT2D eigenvalue weighted by Crippen LogP contribution is 2.30. The van der Waals surface area contributed by atoms with Crippen LogP contribution in [0, 0.1) is 0 Å². The molecule has 1 unspecified atom stereocenters. The average molecular weight is 300 g/mol. The SMILES string of the molecule is CCOC(=O)CN(C)C(=O)NC(C)(C(=O)O)C(F)(F)F. The Hall–Kier alpha value is -2.00. The van der Waals surface area contributed by atoms with E-state index in [4.69, 9.17) is 5.11 Å². The molecule has 0 radical (unpaired) electrons. The van der Waals surface area contributed by atoms with Gasteiger partial charge >= 0.3 is 24.1 Å². The molecule has 0 bridgehead atoms. The van der Waals surface area contributed by atoms with Gasteiger partial charge in [-0.15, -0.1) is 0 Å². The van der Waals surface area contributed by atoms with Gasteiger partial charge in [-0.05, 0) is 13.8 Å². The average Bonchev–Trinajstić information content (AvgIpc) is 2.26. The Morgan fingerprint density at radius 3 is 2.15 bits per heavy atom. The molecule has 0 aliphatic rings. The number of rotatable bonds is 5. The molecular weight excluding hydrogens is 285 g/mol. The number of ether oxygens (including phenoxy) is 1. The van der Waals surface area contributed by atoms with Crippen molar-refractivity contribution in [3.63, 3.8) is 0 Å². The second-order valence-electron chi connectivity index (χ2n) is 4.02. The molecule has 0 aliphatic carbocycles. The topological polar surface area (TPSA) is 95.9 Å². The van der Waals surface area contributed by atoms with Crippen molar-refractivity contribution in [2.24, 2.45) is 0 Å². The minimum Gasteiger partial charge on any atom is -0.479 e. The second-order valence-corrected chi connectivity index (χ2v) is 4.02. The van der Waals surface area contributed by atoms with E-state index in [0.717, 1.165) is 7.05 Å². The van der Waals surface area contributed by atoms with Crippen LogP contribution in [0.5, 0.6) is 0 Å². The number of likely N-dealkylation sites (N-methyl/N-ethyl adjacent to an activating group) is 1. The highest BCUT2D eigenvalue weighted by atomic mass is 19.4. The van der Waals surface area contributed by atoms with Crippen LogP contribution in [0.3, 0.4) is 0 Å². The summed E-state index contributed by atoms with van der Waals surface area (Å²) in [7, 11) is 1.03. The molecule has 7 nitrogen and oxygen atoms in total. The van der Waals surface area contributed by atoms with Crippen molar-refractivity contribution in [3.05, 3.63) is 0 Å². The van der Waals surface area contributed by atoms with E-state index in [0.29, 0.717) is 11.8 Å². The molecule has 0 saturated heterocycles. The predicted octanol–water partition coefficient (Wildman–Crippen LogP) is 0.596. The lowest BCUT2D eigenvalue weighted by Gasteiger charge is -2.30. The number of aliphatic carboxylic acids is 1. The van der Waals surface area contributed by atoms with Crippen molar-refractivity contribution in [3.8, 4) is 0 Å². The van der Waals surface area contributed by atoms with Crippen LogP contribution in [0.4, 0.5) is 18.0 Å². The molecule has 0 spiro atoms. The third-order valence-corrected chi connectivity index (χ3v) is 2.37. The maximum Gasteiger partial charge on any atom is 0.422 e. The summed E-state index contributed by atoms with van der Waals surface area (Å²) in [5.74, 6) is -3.09. The smallest absolute Gasteiger partial charge is 0.422 e. The molecular formula is C10H15F3N2O5. The zero-order valence-corrected chi connectivity index (χ0v) is 11.1. The zero-order chi connectivity index (χ0) is 16.1. The predicted molar refractivity (Wildman–Crippen MR) is 59.9 cm³/mol. The Morgan fingerprint density at radius 1 is 1.30 bits per heavy atom. The standard InChI is InChI=1S/C10H15F3N2O5/c1-4-20-6(16)5-15(3)8(19)14-9(2,7(17)18)10(11,12)13/h4-5H2,1-3H3,(H,14,19)(H,17,18). The molecule has 20 heavy (non-hydrogen) atoms. The largest absolute Gasteiger partial charge is 0.479 e. The van der Waals surface area contributed by atoms with Gasteiger partial charge in [0.1, 0.15) is 6.54 Å². The molecule has 0 aliphatic heterocycles. The van der Waals surface area contributed by atoms with Gasteiger partial charge in [-0.1, -0.05) is 0 Å². The minimum atomic E-state index is -5.20. The molecule has 0 aromatic heterocycles. The fourth-order valence-corrected chi connectivity index (χ4v) is 1.03. The summed E-state index contributed by atoms with van der Waals surface area (Å²) in [6, 6.07) is -1.36. The number of hydrogen-bond donors (Lipinski definition) is 2. The van der Waals surface area contributed by atoms with Crippen LogP contribution in [0.15, 0.2) is 0 Å². The molecule has 0 aromatic rings. The number of amides is 2. The number of carbonyl (C=O) groups excluding carboxylic acids is 2. The first-order valence-corrected chi connectivity index (χ1v) is 5.44. The highest BCUT2D eigenvalue weighted by Gasteiger charge is 2.58. The van der Waals surface area contributed by atoms with Crippen molar-refractivity contribution in [2.45, 2.75) is 25.6 Å². The second kappa shape index (κ2) is 6.44. The molecule has 116 valence electrons. The number of esters is 1. The third-order valence-electron chi connectivity index (χ3n) is 2.37. The van der Waals surface area contributed by atoms with Crippen LogP contribution >= 0.6 is 0 Å². The van der Waals surface area contributed by atoms with E-state index in [1.165, 1.54) is 12.2 Å². The summed E-state index contributed by atoms with van der Waals surface area (Å²) in [6.07, 6.45) is -5.20. The Balaban J connectivity index is 4.87. The Labute approximate surface area is 112 Å². The Morgan fingerprint density at radius 2 is 1.80 bits per heavy atom. The van der Waals surface area contributed by atoms with Crippen LogP contribution in [-0.4, -0.2) is 59.9 Å². The van der Waals surface area contributed by atoms with Crippen LogP contribution < -0.4 is 5.32 Å². The third kappa shape index (κ3) is 4.28. The number of carboxylic acids is 1. The van der Waals surface area contributed by atoms with Crippen LogP contribution in [0.1, 0.15) is 13.8 Å². The van der Waals surface area contributed by atoms with Gasteiger partial charge in [0.25, 0.3) is 0 Å². The van der Waals surface area contributed by atoms with Gasteiger partial charge in [0, 0.05) is 7.05 Å². The summed E-state index contributed by atoms with van der Waals surface area (Å²) in [5.41, 5.74) is -3.45. The van der Waals surface area contributed by atoms with Crippen LogP contribution in [0.2, 0.25) is 0 Å². The molecule has 2 N–H and O–H groups in total. The van der Waals surface area contributed by atoms with Crippen molar-refractivity contribution < 1.29 is 37.4 Å². The highest BCUT2D eigenvalue weighted by molar-refractivity contribution is 5.88. The van der Waals surface area contributed by atoms with Gasteiger partial charge in [-0.2, -0.15) is 13.2 Å². The lowest BCUT2D eigenvalue weighted by molar-refractivity contribution is -0.203. The van der Waals surface area contributed by atoms with Crippen molar-refractivity contribution in [2.75, 3.05) is 20.2 Å². The number of halogens is 3. The number of carbonyl (C=O) groups is 3. The fraction of sp³-hybridized carbons (Fsp3) is 0.700. The van der Waals surface area contributed by atoms with E-state index >= 15 is 0 Å². The molecule has 2 amide bonds. The molecule has 0 saturated carbocycles. The van der Waals surface area contributed by atoms with Crippen LogP contribution in [0.25, 0.3) is 0 Å². The number of nitrogens with zero attached hydrogens (tertiary/aromatic N) is 1. The van der Waals surface area contributed by atoms with E-state index in [-0.39, 0.29) is 6.61 Å². The lowest BCUT2D eigenvalue weighted by atomic mass is 10.0. The van der Waals surface area contributed by atoms with E-state index < -0.39 is 36.2 Å². The number of alkyl halides is 3. The summed E-state index contributed by atoms with van der Waals surface area (Å²) in [6.45, 7) is 1.27. The maximum atomic E-state index is 12.7. The van der Waals surface area contributed by atoms with Crippen LogP contribution in [-0.2, 0) is 14.3 Å². The van der Waals surface area contributed by atoms with E-state index in [1.807, 2.05) is 0 Å². The summed E-state index contributed by atoms with van der Waals surface area (Å²) in [4.78, 5) is 33.9. The lowest BCUT2D eigenvalue weighted by Crippen LogP contribution is -2.64. The first-order valence-electron chi connectivity index (χ1n) is 5.44. The number of nitrogens with one attached hydrogen (secondary N) is 1. The maximum absolute atomic E-state index is 12.7. The molecule has 1 atom stereocenters. The number of urea groups is 1. The molecule has 0 aromatic carbocycles. The summed E-state index contributed by atoms with van der Waals surface area (Å²) >= 11 is 0. The van der Waals surface area contributed by atoms with E-state index in [2.05, 4.69) is 4.74 Å². The fourth-order valence-electron chi connectivity index (χ4n) is 1.03. The Kier molecular flexibility index (Phi) is 5.79. The van der Waals surface area contributed by atoms with Gasteiger partial charge in [0.2, 0.25) is 5.54 Å². The first-order chi connectivity index (χ1) is 8.95. The van der Waals surface area contributed by atoms with E-state index in [9.17, 15) is 27.6 Å². The van der Waals surface area contributed by atoms with Gasteiger partial charge in [-0.3, -0.25) is 4.79 Å². The first kappa shape index (κ1) is 18.0. The zero-order valence-electron chi connectivity index (χ0n) is 11.1. The molecule has 10 heteroatoms. The summed E-state index contributed by atoms with van der Waals surface area (Å²) in [5, 5.41) is 9.95. The van der Waals surface area contributed by atoms with Gasteiger partial charge in [0.05, 0.1) is 6.61 Å². The van der Waals surface area contributed by atoms with Crippen molar-refractivity contribution in [1.29, 1.82) is 0 Å². The quantitative estimate of drug-likeness (QED) is 0.725. The number of hydrogen-bond acceptors (Lipinski definition) is 4. The number of carboxylic acid groups (broad SMARTS) is 1.